The smallest absolute Gasteiger partial charge is 0.137 e. The summed E-state index contributed by atoms with van der Waals surface area (Å²) in [6.07, 6.45) is 0. The molecule has 24 heavy (non-hydrogen) atoms. The molecule has 0 spiro atoms. The van der Waals surface area contributed by atoms with Crippen LogP contribution in [0, 0.1) is 0 Å². The van der Waals surface area contributed by atoms with Crippen LogP contribution in [0.15, 0.2) is 42.5 Å². The average Bonchev–Trinajstić information content (AvgIpc) is 2.92. The number of rotatable bonds is 3. The van der Waals surface area contributed by atoms with Crippen LogP contribution in [0.4, 0.5) is 0 Å². The fourth-order valence-electron chi connectivity index (χ4n) is 4.09. The lowest BCUT2D eigenvalue weighted by Gasteiger charge is -2.37. The van der Waals surface area contributed by atoms with Gasteiger partial charge in [0.2, 0.25) is 0 Å². The number of nitrogens with zero attached hydrogens (tertiary/aromatic N) is 1. The second-order valence-electron chi connectivity index (χ2n) is 6.96. The first kappa shape index (κ1) is 15.9. The van der Waals surface area contributed by atoms with Crippen molar-refractivity contribution in [2.45, 2.75) is 31.6 Å². The minimum atomic E-state index is -0.153. The zero-order valence-corrected chi connectivity index (χ0v) is 14.8. The Morgan fingerprint density at radius 3 is 2.79 bits per heavy atom. The molecular formula is C20H22ClNO2. The Balaban J connectivity index is 1.62. The summed E-state index contributed by atoms with van der Waals surface area (Å²) in [5.41, 5.74) is 3.58. The summed E-state index contributed by atoms with van der Waals surface area (Å²) in [5, 5.41) is 0.693. The molecule has 0 aromatic heterocycles. The van der Waals surface area contributed by atoms with Gasteiger partial charge in [0.15, 0.2) is 0 Å². The minimum absolute atomic E-state index is 0.153. The van der Waals surface area contributed by atoms with E-state index in [4.69, 9.17) is 21.1 Å². The number of likely N-dealkylation sites (tertiary alicyclic amines) is 1. The lowest BCUT2D eigenvalue weighted by atomic mass is 9.81. The zero-order valence-electron chi connectivity index (χ0n) is 14.1. The second kappa shape index (κ2) is 6.07. The molecule has 2 aliphatic rings. The summed E-state index contributed by atoms with van der Waals surface area (Å²) < 4.78 is 11.6. The van der Waals surface area contributed by atoms with Crippen molar-refractivity contribution >= 4 is 11.6 Å². The van der Waals surface area contributed by atoms with Gasteiger partial charge in [0.25, 0.3) is 0 Å². The number of hydrogen-bond acceptors (Lipinski definition) is 3. The number of hydrogen-bond donors (Lipinski definition) is 0. The van der Waals surface area contributed by atoms with Gasteiger partial charge in [0.1, 0.15) is 5.75 Å². The van der Waals surface area contributed by atoms with Crippen LogP contribution in [0.25, 0.3) is 0 Å². The van der Waals surface area contributed by atoms with E-state index in [1.54, 1.807) is 7.11 Å². The summed E-state index contributed by atoms with van der Waals surface area (Å²) in [4.78, 5) is 2.48. The zero-order chi connectivity index (χ0) is 16.7. The standard InChI is InChI=1S/C20H22ClNO2/c1-20-13-22(10-14-6-4-3-5-7-14)11-17(20)15-8-9-18(23-2)19(21)16(15)12-24-20/h3-9,17H,10-13H2,1-2H3/t17-,20-/m0/s1. The van der Waals surface area contributed by atoms with Crippen LogP contribution in [-0.2, 0) is 17.9 Å². The number of methoxy groups -OCH3 is 1. The molecule has 2 atom stereocenters. The summed E-state index contributed by atoms with van der Waals surface area (Å²) in [6.45, 7) is 5.66. The van der Waals surface area contributed by atoms with Crippen LogP contribution in [0.2, 0.25) is 5.02 Å². The minimum Gasteiger partial charge on any atom is -0.495 e. The maximum atomic E-state index is 6.51. The van der Waals surface area contributed by atoms with E-state index >= 15 is 0 Å². The molecule has 1 fully saturated rings. The Morgan fingerprint density at radius 2 is 2.04 bits per heavy atom. The molecule has 3 nitrogen and oxygen atoms in total. The Bertz CT molecular complexity index is 749. The molecular weight excluding hydrogens is 322 g/mol. The van der Waals surface area contributed by atoms with Crippen molar-refractivity contribution in [1.29, 1.82) is 0 Å². The first-order valence-corrected chi connectivity index (χ1v) is 8.74. The van der Waals surface area contributed by atoms with Crippen molar-refractivity contribution in [2.75, 3.05) is 20.2 Å². The number of halogens is 1. The van der Waals surface area contributed by atoms with E-state index in [1.165, 1.54) is 11.1 Å². The van der Waals surface area contributed by atoms with Crippen LogP contribution in [0.3, 0.4) is 0 Å². The monoisotopic (exact) mass is 343 g/mol. The predicted molar refractivity (Wildman–Crippen MR) is 95.7 cm³/mol. The lowest BCUT2D eigenvalue weighted by molar-refractivity contribution is -0.0568. The summed E-state index contributed by atoms with van der Waals surface area (Å²) >= 11 is 6.51. The van der Waals surface area contributed by atoms with Crippen molar-refractivity contribution in [3.05, 3.63) is 64.2 Å². The van der Waals surface area contributed by atoms with Crippen molar-refractivity contribution in [3.8, 4) is 5.75 Å². The molecule has 2 heterocycles. The SMILES string of the molecule is COc1ccc2c(c1Cl)CO[C@@]1(C)CN(Cc3ccccc3)C[C@@H]21. The highest BCUT2D eigenvalue weighted by atomic mass is 35.5. The van der Waals surface area contributed by atoms with E-state index in [2.05, 4.69) is 48.2 Å². The van der Waals surface area contributed by atoms with Crippen LogP contribution in [0.5, 0.6) is 5.75 Å². The molecule has 4 heteroatoms. The molecule has 2 aliphatic heterocycles. The molecule has 0 N–H and O–H groups in total. The van der Waals surface area contributed by atoms with Gasteiger partial charge in [-0.05, 0) is 24.1 Å². The normalized spacial score (nSPS) is 26.0. The average molecular weight is 344 g/mol. The molecule has 0 aliphatic carbocycles. The van der Waals surface area contributed by atoms with Gasteiger partial charge in [-0.25, -0.2) is 0 Å². The van der Waals surface area contributed by atoms with Crippen LogP contribution >= 0.6 is 11.6 Å². The molecule has 0 bridgehead atoms. The van der Waals surface area contributed by atoms with Gasteiger partial charge in [-0.3, -0.25) is 4.90 Å². The molecule has 0 saturated carbocycles. The molecule has 1 saturated heterocycles. The molecule has 126 valence electrons. The van der Waals surface area contributed by atoms with E-state index in [1.807, 2.05) is 6.07 Å². The largest absolute Gasteiger partial charge is 0.495 e. The van der Waals surface area contributed by atoms with Crippen LogP contribution < -0.4 is 4.74 Å². The Labute approximate surface area is 148 Å². The van der Waals surface area contributed by atoms with E-state index in [9.17, 15) is 0 Å². The van der Waals surface area contributed by atoms with Crippen LogP contribution in [0.1, 0.15) is 29.5 Å². The Kier molecular flexibility index (Phi) is 4.03. The van der Waals surface area contributed by atoms with Crippen LogP contribution in [-0.4, -0.2) is 30.7 Å². The summed E-state index contributed by atoms with van der Waals surface area (Å²) in [6, 6.07) is 14.8. The van der Waals surface area contributed by atoms with E-state index in [0.29, 0.717) is 17.5 Å². The fraction of sp³-hybridized carbons (Fsp3) is 0.400. The first-order valence-electron chi connectivity index (χ1n) is 8.36. The third-order valence-corrected chi connectivity index (χ3v) is 5.76. The van der Waals surface area contributed by atoms with Crippen molar-refractivity contribution in [2.24, 2.45) is 0 Å². The number of ether oxygens (including phenoxy) is 2. The van der Waals surface area contributed by atoms with E-state index in [0.717, 1.165) is 30.9 Å². The molecule has 2 aromatic carbocycles. The van der Waals surface area contributed by atoms with E-state index in [-0.39, 0.29) is 5.60 Å². The quantitative estimate of drug-likeness (QED) is 0.832. The van der Waals surface area contributed by atoms with Crippen molar-refractivity contribution < 1.29 is 9.47 Å². The highest BCUT2D eigenvalue weighted by Gasteiger charge is 2.48. The Hall–Kier alpha value is -1.55. The highest BCUT2D eigenvalue weighted by molar-refractivity contribution is 6.33. The first-order chi connectivity index (χ1) is 11.6. The maximum Gasteiger partial charge on any atom is 0.137 e. The van der Waals surface area contributed by atoms with Gasteiger partial charge < -0.3 is 9.47 Å². The van der Waals surface area contributed by atoms with Crippen molar-refractivity contribution in [1.82, 2.24) is 4.90 Å². The van der Waals surface area contributed by atoms with Crippen molar-refractivity contribution in [3.63, 3.8) is 0 Å². The summed E-state index contributed by atoms with van der Waals surface area (Å²) in [7, 11) is 1.65. The topological polar surface area (TPSA) is 21.7 Å². The highest BCUT2D eigenvalue weighted by Crippen LogP contribution is 2.47. The molecule has 4 rings (SSSR count). The van der Waals surface area contributed by atoms with E-state index < -0.39 is 0 Å². The predicted octanol–water partition coefficient (Wildman–Crippen LogP) is 4.24. The van der Waals surface area contributed by atoms with Gasteiger partial charge >= 0.3 is 0 Å². The molecule has 0 radical (unpaired) electrons. The van der Waals surface area contributed by atoms with Gasteiger partial charge in [-0.1, -0.05) is 48.0 Å². The second-order valence-corrected chi connectivity index (χ2v) is 7.34. The number of benzene rings is 2. The molecule has 2 aromatic rings. The maximum absolute atomic E-state index is 6.51. The van der Waals surface area contributed by atoms with Gasteiger partial charge in [-0.2, -0.15) is 0 Å². The number of fused-ring (bicyclic) bond motifs is 3. The summed E-state index contributed by atoms with van der Waals surface area (Å²) in [5.74, 6) is 1.06. The Morgan fingerprint density at radius 1 is 1.25 bits per heavy atom. The molecule has 0 unspecified atom stereocenters. The molecule has 0 amide bonds. The van der Waals surface area contributed by atoms with Gasteiger partial charge in [0, 0.05) is 31.1 Å². The third kappa shape index (κ3) is 2.61. The third-order valence-electron chi connectivity index (χ3n) is 5.35. The lowest BCUT2D eigenvalue weighted by Crippen LogP contribution is -2.40. The van der Waals surface area contributed by atoms with Gasteiger partial charge in [0.05, 0.1) is 24.3 Å². The fourth-order valence-corrected chi connectivity index (χ4v) is 4.39. The van der Waals surface area contributed by atoms with Gasteiger partial charge in [-0.15, -0.1) is 0 Å².